The number of likely N-dealkylation sites (tertiary alicyclic amines) is 2. The number of alkyl halides is 3. The molecule has 2 aliphatic heterocycles. The van der Waals surface area contributed by atoms with Crippen LogP contribution in [0.15, 0.2) is 67.0 Å². The molecule has 6 amide bonds. The molecule has 2 aromatic carbocycles. The number of hydrogen-bond acceptors (Lipinski definition) is 13. The Labute approximate surface area is 419 Å². The molecule has 5 atom stereocenters. The number of carbonyl (C=O) groups excluding carboxylic acids is 6. The fourth-order valence-electron chi connectivity index (χ4n) is 8.69. The molecule has 2 saturated heterocycles. The van der Waals surface area contributed by atoms with Crippen molar-refractivity contribution in [2.24, 2.45) is 11.8 Å². The number of nitrogens with zero attached hydrogens (tertiary/aromatic N) is 4. The second-order valence-electron chi connectivity index (χ2n) is 18.3. The van der Waals surface area contributed by atoms with E-state index in [4.69, 9.17) is 4.74 Å². The number of hydrogen-bond donors (Lipinski definition) is 6. The third-order valence-electron chi connectivity index (χ3n) is 12.7. The lowest BCUT2D eigenvalue weighted by Gasteiger charge is -2.37. The molecule has 0 radical (unpaired) electrons. The Hall–Kier alpha value is -7.04. The number of rotatable bonds is 18. The summed E-state index contributed by atoms with van der Waals surface area (Å²) in [6, 6.07) is 11.4. The monoisotopic (exact) mass is 1020 g/mol. The highest BCUT2D eigenvalue weighted by Gasteiger charge is 2.48. The molecule has 6 rings (SSSR count). The number of benzene rings is 2. The van der Waals surface area contributed by atoms with Crippen molar-refractivity contribution in [2.45, 2.75) is 89.2 Å². The van der Waals surface area contributed by atoms with Gasteiger partial charge < -0.3 is 55.6 Å². The summed E-state index contributed by atoms with van der Waals surface area (Å²) in [6.45, 7) is 10.2. The first-order valence-corrected chi connectivity index (χ1v) is 24.6. The van der Waals surface area contributed by atoms with Crippen LogP contribution in [0.2, 0.25) is 0 Å². The Morgan fingerprint density at radius 3 is 2.11 bits per heavy atom. The van der Waals surface area contributed by atoms with Gasteiger partial charge in [-0.1, -0.05) is 52.0 Å². The lowest BCUT2D eigenvalue weighted by Crippen LogP contribution is -2.60. The van der Waals surface area contributed by atoms with Gasteiger partial charge in [-0.25, -0.2) is 19.6 Å². The van der Waals surface area contributed by atoms with Gasteiger partial charge in [0.15, 0.2) is 0 Å². The van der Waals surface area contributed by atoms with Crippen LogP contribution in [0.3, 0.4) is 0 Å². The van der Waals surface area contributed by atoms with E-state index in [0.29, 0.717) is 60.8 Å². The average Bonchev–Trinajstić information content (AvgIpc) is 4.12. The number of methoxy groups -OCH3 is 2. The van der Waals surface area contributed by atoms with Gasteiger partial charge in [0, 0.05) is 42.6 Å². The molecule has 0 saturated carbocycles. The topological polar surface area (TPSA) is 238 Å². The molecule has 0 bridgehead atoms. The van der Waals surface area contributed by atoms with Crippen molar-refractivity contribution < 1.29 is 56.1 Å². The molecule has 19 nitrogen and oxygen atoms in total. The number of carbonyl (C=O) groups is 6. The SMILES string of the molecule is COC(=O)N[C@H](C(=O)N1C[C@@H](SC)C[C@H]1c1ncc(-c2ccc(-c3ccc(C(=O)Nc4ccc(NCCNC(=O)[C@]5(C)CCCN5C(=O)[C@@H](NC(=O)OC)C(C)C)nc4)cc3OC(F)(F)F)cc2)[nH]1)C(C)C. The molecular weight excluding hydrogens is 962 g/mol. The number of anilines is 2. The molecule has 2 aromatic heterocycles. The van der Waals surface area contributed by atoms with Crippen LogP contribution < -0.4 is 31.3 Å². The molecule has 2 fully saturated rings. The van der Waals surface area contributed by atoms with Gasteiger partial charge in [-0.3, -0.25) is 19.2 Å². The average molecular weight is 1020 g/mol. The summed E-state index contributed by atoms with van der Waals surface area (Å²) in [6.07, 6.45) is 0.0935. The van der Waals surface area contributed by atoms with E-state index in [1.54, 1.807) is 80.0 Å². The van der Waals surface area contributed by atoms with Crippen molar-refractivity contribution in [3.63, 3.8) is 0 Å². The number of nitrogens with one attached hydrogen (secondary N) is 6. The number of ether oxygens (including phenoxy) is 3. The van der Waals surface area contributed by atoms with E-state index < -0.39 is 53.9 Å². The Bertz CT molecular complexity index is 2580. The molecule has 72 heavy (non-hydrogen) atoms. The first-order chi connectivity index (χ1) is 34.2. The number of H-pyrrole nitrogens is 1. The predicted octanol–water partition coefficient (Wildman–Crippen LogP) is 6.97. The molecule has 6 N–H and O–H groups in total. The van der Waals surface area contributed by atoms with Crippen molar-refractivity contribution in [1.29, 1.82) is 0 Å². The van der Waals surface area contributed by atoms with Gasteiger partial charge in [-0.2, -0.15) is 11.8 Å². The lowest BCUT2D eigenvalue weighted by atomic mass is 9.95. The highest BCUT2D eigenvalue weighted by atomic mass is 32.2. The zero-order chi connectivity index (χ0) is 52.5. The van der Waals surface area contributed by atoms with Crippen LogP contribution in [0, 0.1) is 11.8 Å². The third kappa shape index (κ3) is 13.1. The van der Waals surface area contributed by atoms with Gasteiger partial charge in [0.05, 0.1) is 44.0 Å². The van der Waals surface area contributed by atoms with E-state index in [2.05, 4.69) is 51.0 Å². The minimum atomic E-state index is -5.07. The largest absolute Gasteiger partial charge is 0.573 e. The zero-order valence-electron chi connectivity index (χ0n) is 41.3. The zero-order valence-corrected chi connectivity index (χ0v) is 42.1. The van der Waals surface area contributed by atoms with Gasteiger partial charge in [-0.15, -0.1) is 13.2 Å². The molecule has 388 valence electrons. The van der Waals surface area contributed by atoms with Gasteiger partial charge in [0.1, 0.15) is 35.0 Å². The fourth-order valence-corrected chi connectivity index (χ4v) is 9.38. The Morgan fingerprint density at radius 2 is 1.51 bits per heavy atom. The predicted molar refractivity (Wildman–Crippen MR) is 264 cm³/mol. The van der Waals surface area contributed by atoms with Crippen LogP contribution in [0.5, 0.6) is 5.75 Å². The van der Waals surface area contributed by atoms with Gasteiger partial charge in [0.25, 0.3) is 5.91 Å². The number of thioether (sulfide) groups is 1. The van der Waals surface area contributed by atoms with Crippen LogP contribution in [0.1, 0.15) is 76.1 Å². The second-order valence-corrected chi connectivity index (χ2v) is 19.4. The van der Waals surface area contributed by atoms with Crippen molar-refractivity contribution in [2.75, 3.05) is 57.3 Å². The van der Waals surface area contributed by atoms with Crippen molar-refractivity contribution >= 4 is 59.1 Å². The summed E-state index contributed by atoms with van der Waals surface area (Å²) in [5, 5.41) is 13.9. The molecule has 4 heterocycles. The second kappa shape index (κ2) is 23.5. The van der Waals surface area contributed by atoms with E-state index in [1.165, 1.54) is 37.4 Å². The quantitative estimate of drug-likeness (QED) is 0.0554. The van der Waals surface area contributed by atoms with Crippen molar-refractivity contribution in [3.8, 4) is 28.1 Å². The summed E-state index contributed by atoms with van der Waals surface area (Å²) < 4.78 is 55.2. The first kappa shape index (κ1) is 54.3. The minimum absolute atomic E-state index is 0.0772. The lowest BCUT2D eigenvalue weighted by molar-refractivity contribution is -0.274. The third-order valence-corrected chi connectivity index (χ3v) is 13.7. The number of aromatic nitrogens is 3. The molecule has 0 spiro atoms. The molecule has 4 aromatic rings. The Balaban J connectivity index is 1.07. The molecule has 0 unspecified atom stereocenters. The van der Waals surface area contributed by atoms with Gasteiger partial charge in [-0.05, 0) is 85.7 Å². The van der Waals surface area contributed by atoms with Gasteiger partial charge in [0.2, 0.25) is 17.7 Å². The van der Waals surface area contributed by atoms with Crippen LogP contribution in [0.25, 0.3) is 22.4 Å². The summed E-state index contributed by atoms with van der Waals surface area (Å²) in [5.41, 5.74) is 0.738. The Kier molecular flexibility index (Phi) is 17.7. The summed E-state index contributed by atoms with van der Waals surface area (Å²) in [7, 11) is 2.44. The number of amides is 6. The van der Waals surface area contributed by atoms with E-state index in [1.807, 2.05) is 20.1 Å². The summed E-state index contributed by atoms with van der Waals surface area (Å²) in [4.78, 5) is 93.5. The Morgan fingerprint density at radius 1 is 0.861 bits per heavy atom. The van der Waals surface area contributed by atoms with E-state index in [-0.39, 0.29) is 64.7 Å². The normalized spacial score (nSPS) is 18.6. The highest BCUT2D eigenvalue weighted by Crippen LogP contribution is 2.39. The highest BCUT2D eigenvalue weighted by molar-refractivity contribution is 7.99. The van der Waals surface area contributed by atoms with Crippen LogP contribution >= 0.6 is 11.8 Å². The standard InChI is InChI=1S/C49H61F3N10O9S/c1-27(2)39(59-46(67)69-6)43(64)61-26-33(72-8)23-36(61)41-56-25-35(58-41)30-12-10-29(11-13-30)34-16-14-31(22-37(34)71-49(50,51)52)42(63)57-32-15-17-38(55-24-32)53-19-20-54-45(66)48(5)18-9-21-62(48)44(65)40(28(3)4)60-47(68)70-7/h10-17,22,24-25,27-28,33,36,39-40H,9,18-21,23,26H2,1-8H3,(H,53,55)(H,54,66)(H,56,58)(H,57,63)(H,59,67)(H,60,68)/t33-,36-,39-,40-,48-/m0/s1. The van der Waals surface area contributed by atoms with Crippen molar-refractivity contribution in [1.82, 2.24) is 40.7 Å². The molecule has 23 heteroatoms. The summed E-state index contributed by atoms with van der Waals surface area (Å²) in [5.74, 6) is -1.81. The maximum absolute atomic E-state index is 13.8. The molecular formula is C49H61F3N10O9S. The minimum Gasteiger partial charge on any atom is -0.453 e. The van der Waals surface area contributed by atoms with Crippen LogP contribution in [0.4, 0.5) is 34.3 Å². The number of halogens is 3. The summed E-state index contributed by atoms with van der Waals surface area (Å²) >= 11 is 1.63. The van der Waals surface area contributed by atoms with E-state index in [9.17, 15) is 41.9 Å². The number of pyridine rings is 1. The maximum Gasteiger partial charge on any atom is 0.573 e. The fraction of sp³-hybridized carbons (Fsp3) is 0.469. The number of imidazole rings is 1. The van der Waals surface area contributed by atoms with E-state index in [0.717, 1.165) is 6.07 Å². The van der Waals surface area contributed by atoms with Crippen LogP contribution in [-0.2, 0) is 23.9 Å². The first-order valence-electron chi connectivity index (χ1n) is 23.3. The molecule has 0 aliphatic carbocycles. The molecule has 2 aliphatic rings. The number of aromatic amines is 1. The van der Waals surface area contributed by atoms with Crippen molar-refractivity contribution in [3.05, 3.63) is 78.4 Å². The van der Waals surface area contributed by atoms with E-state index >= 15 is 0 Å². The van der Waals surface area contributed by atoms with Crippen LogP contribution in [-0.4, -0.2) is 136 Å². The maximum atomic E-state index is 13.8. The smallest absolute Gasteiger partial charge is 0.453 e. The number of alkyl carbamates (subject to hydrolysis) is 2. The van der Waals surface area contributed by atoms with Gasteiger partial charge >= 0.3 is 18.5 Å².